The summed E-state index contributed by atoms with van der Waals surface area (Å²) in [5.41, 5.74) is 2.47. The Morgan fingerprint density at radius 1 is 1.29 bits per heavy atom. The third-order valence-electron chi connectivity index (χ3n) is 2.25. The van der Waals surface area contributed by atoms with Gasteiger partial charge in [-0.1, -0.05) is 29.8 Å². The van der Waals surface area contributed by atoms with Crippen molar-refractivity contribution >= 4 is 5.97 Å². The summed E-state index contributed by atoms with van der Waals surface area (Å²) in [7, 11) is 1.47. The fourth-order valence-electron chi connectivity index (χ4n) is 1.34. The predicted molar refractivity (Wildman–Crippen MR) is 65.7 cm³/mol. The smallest absolute Gasteiger partial charge is 0.332 e. The molecule has 94 valence electrons. The van der Waals surface area contributed by atoms with E-state index in [1.807, 2.05) is 0 Å². The van der Waals surface area contributed by atoms with Crippen molar-refractivity contribution in [2.75, 3.05) is 26.9 Å². The molecule has 0 fully saturated rings. The molecule has 0 aliphatic rings. The van der Waals surface area contributed by atoms with Crippen molar-refractivity contribution in [2.45, 2.75) is 13.5 Å². The van der Waals surface area contributed by atoms with E-state index in [9.17, 15) is 4.79 Å². The van der Waals surface area contributed by atoms with Gasteiger partial charge in [0.05, 0.1) is 0 Å². The predicted octanol–water partition coefficient (Wildman–Crippen LogP) is 1.27. The second-order valence-corrected chi connectivity index (χ2v) is 3.82. The summed E-state index contributed by atoms with van der Waals surface area (Å²) in [5, 5.41) is 3.20. The van der Waals surface area contributed by atoms with Crippen LogP contribution in [0.15, 0.2) is 24.3 Å². The molecule has 0 aromatic heterocycles. The normalized spacial score (nSPS) is 10.2. The minimum absolute atomic E-state index is 0.0119. The van der Waals surface area contributed by atoms with Crippen LogP contribution < -0.4 is 5.32 Å². The minimum Gasteiger partial charge on any atom is -0.463 e. The van der Waals surface area contributed by atoms with E-state index in [4.69, 9.17) is 4.74 Å². The highest BCUT2D eigenvalue weighted by Crippen LogP contribution is 2.01. The monoisotopic (exact) mass is 237 g/mol. The quantitative estimate of drug-likeness (QED) is 0.573. The van der Waals surface area contributed by atoms with E-state index in [0.717, 1.165) is 6.54 Å². The maximum Gasteiger partial charge on any atom is 0.332 e. The molecule has 0 saturated carbocycles. The number of carbonyl (C=O) groups is 1. The van der Waals surface area contributed by atoms with Gasteiger partial charge in [-0.25, -0.2) is 4.79 Å². The molecule has 17 heavy (non-hydrogen) atoms. The Morgan fingerprint density at radius 3 is 2.65 bits per heavy atom. The average Bonchev–Trinajstić information content (AvgIpc) is 2.31. The van der Waals surface area contributed by atoms with E-state index in [0.29, 0.717) is 13.2 Å². The Bertz CT molecular complexity index is 335. The maximum atomic E-state index is 10.9. The lowest BCUT2D eigenvalue weighted by Gasteiger charge is -2.06. The molecule has 0 bridgehead atoms. The number of nitrogens with one attached hydrogen (secondary N) is 1. The van der Waals surface area contributed by atoms with E-state index in [2.05, 4.69) is 41.2 Å². The molecule has 0 amide bonds. The van der Waals surface area contributed by atoms with E-state index in [1.165, 1.54) is 18.2 Å². The SMILES string of the molecule is COCC(=O)OCCNCc1ccc(C)cc1. The summed E-state index contributed by atoms with van der Waals surface area (Å²) in [6, 6.07) is 8.32. The number of hydrogen-bond acceptors (Lipinski definition) is 4. The number of carbonyl (C=O) groups excluding carboxylic acids is 1. The summed E-state index contributed by atoms with van der Waals surface area (Å²) in [6.07, 6.45) is 0. The fraction of sp³-hybridized carbons (Fsp3) is 0.462. The topological polar surface area (TPSA) is 47.6 Å². The van der Waals surface area contributed by atoms with Gasteiger partial charge < -0.3 is 14.8 Å². The van der Waals surface area contributed by atoms with Crippen LogP contribution in [0.5, 0.6) is 0 Å². The lowest BCUT2D eigenvalue weighted by atomic mass is 10.1. The highest BCUT2D eigenvalue weighted by Gasteiger charge is 2.00. The molecule has 0 atom stereocenters. The number of hydrogen-bond donors (Lipinski definition) is 1. The molecule has 0 spiro atoms. The van der Waals surface area contributed by atoms with Gasteiger partial charge in [0.15, 0.2) is 0 Å². The highest BCUT2D eigenvalue weighted by molar-refractivity contribution is 5.70. The van der Waals surface area contributed by atoms with E-state index >= 15 is 0 Å². The first kappa shape index (κ1) is 13.7. The number of rotatable bonds is 7. The second kappa shape index (κ2) is 7.81. The van der Waals surface area contributed by atoms with Gasteiger partial charge >= 0.3 is 5.97 Å². The van der Waals surface area contributed by atoms with E-state index in [1.54, 1.807) is 0 Å². The number of aryl methyl sites for hydroxylation is 1. The van der Waals surface area contributed by atoms with Crippen molar-refractivity contribution < 1.29 is 14.3 Å². The molecule has 0 heterocycles. The van der Waals surface area contributed by atoms with Gasteiger partial charge in [0.2, 0.25) is 0 Å². The molecule has 0 radical (unpaired) electrons. The molecule has 1 aromatic carbocycles. The van der Waals surface area contributed by atoms with Gasteiger partial charge in [0.25, 0.3) is 0 Å². The average molecular weight is 237 g/mol. The summed E-state index contributed by atoms with van der Waals surface area (Å²) < 4.78 is 9.56. The largest absolute Gasteiger partial charge is 0.463 e. The lowest BCUT2D eigenvalue weighted by Crippen LogP contribution is -2.22. The van der Waals surface area contributed by atoms with Crippen LogP contribution >= 0.6 is 0 Å². The van der Waals surface area contributed by atoms with Crippen LogP contribution in [-0.4, -0.2) is 32.8 Å². The van der Waals surface area contributed by atoms with E-state index in [-0.39, 0.29) is 12.6 Å². The van der Waals surface area contributed by atoms with Gasteiger partial charge in [-0.05, 0) is 12.5 Å². The van der Waals surface area contributed by atoms with Crippen LogP contribution in [0.4, 0.5) is 0 Å². The van der Waals surface area contributed by atoms with Gasteiger partial charge in [-0.3, -0.25) is 0 Å². The Kier molecular flexibility index (Phi) is 6.29. The molecule has 0 unspecified atom stereocenters. The Morgan fingerprint density at radius 2 is 2.00 bits per heavy atom. The van der Waals surface area contributed by atoms with Crippen molar-refractivity contribution in [3.8, 4) is 0 Å². The first-order valence-electron chi connectivity index (χ1n) is 5.63. The Balaban J connectivity index is 2.08. The first-order valence-corrected chi connectivity index (χ1v) is 5.63. The summed E-state index contributed by atoms with van der Waals surface area (Å²) in [4.78, 5) is 10.9. The third kappa shape index (κ3) is 6.04. The van der Waals surface area contributed by atoms with Gasteiger partial charge in [0, 0.05) is 20.2 Å². The first-order chi connectivity index (χ1) is 8.22. The Hall–Kier alpha value is -1.39. The van der Waals surface area contributed by atoms with Crippen molar-refractivity contribution in [3.63, 3.8) is 0 Å². The highest BCUT2D eigenvalue weighted by atomic mass is 16.6. The molecular weight excluding hydrogens is 218 g/mol. The molecule has 1 aromatic rings. The van der Waals surface area contributed by atoms with E-state index < -0.39 is 0 Å². The van der Waals surface area contributed by atoms with Crippen LogP contribution in [0, 0.1) is 6.92 Å². The van der Waals surface area contributed by atoms with Crippen LogP contribution in [-0.2, 0) is 20.8 Å². The molecule has 0 aliphatic heterocycles. The van der Waals surface area contributed by atoms with Crippen molar-refractivity contribution in [1.82, 2.24) is 5.32 Å². The molecule has 4 heteroatoms. The van der Waals surface area contributed by atoms with Crippen molar-refractivity contribution in [1.29, 1.82) is 0 Å². The summed E-state index contributed by atoms with van der Waals surface area (Å²) in [6.45, 7) is 3.86. The standard InChI is InChI=1S/C13H19NO3/c1-11-3-5-12(6-4-11)9-14-7-8-17-13(15)10-16-2/h3-6,14H,7-10H2,1-2H3. The molecule has 1 rings (SSSR count). The summed E-state index contributed by atoms with van der Waals surface area (Å²) in [5.74, 6) is -0.329. The molecule has 0 saturated heterocycles. The van der Waals surface area contributed by atoms with Crippen LogP contribution in [0.2, 0.25) is 0 Å². The third-order valence-corrected chi connectivity index (χ3v) is 2.25. The summed E-state index contributed by atoms with van der Waals surface area (Å²) >= 11 is 0. The Labute approximate surface area is 102 Å². The number of benzene rings is 1. The lowest BCUT2D eigenvalue weighted by molar-refractivity contribution is -0.147. The van der Waals surface area contributed by atoms with Crippen LogP contribution in [0.1, 0.15) is 11.1 Å². The number of esters is 1. The fourth-order valence-corrected chi connectivity index (χ4v) is 1.34. The number of methoxy groups -OCH3 is 1. The minimum atomic E-state index is -0.329. The molecule has 4 nitrogen and oxygen atoms in total. The maximum absolute atomic E-state index is 10.9. The van der Waals surface area contributed by atoms with Crippen molar-refractivity contribution in [2.24, 2.45) is 0 Å². The van der Waals surface area contributed by atoms with Crippen LogP contribution in [0.3, 0.4) is 0 Å². The molecule has 1 N–H and O–H groups in total. The molecular formula is C13H19NO3. The number of ether oxygens (including phenoxy) is 2. The zero-order valence-corrected chi connectivity index (χ0v) is 10.4. The van der Waals surface area contributed by atoms with Crippen LogP contribution in [0.25, 0.3) is 0 Å². The molecule has 0 aliphatic carbocycles. The van der Waals surface area contributed by atoms with Gasteiger partial charge in [-0.15, -0.1) is 0 Å². The van der Waals surface area contributed by atoms with Gasteiger partial charge in [-0.2, -0.15) is 0 Å². The second-order valence-electron chi connectivity index (χ2n) is 3.82. The van der Waals surface area contributed by atoms with Gasteiger partial charge in [0.1, 0.15) is 13.2 Å². The van der Waals surface area contributed by atoms with Crippen molar-refractivity contribution in [3.05, 3.63) is 35.4 Å². The zero-order valence-electron chi connectivity index (χ0n) is 10.4. The zero-order chi connectivity index (χ0) is 12.5.